The Bertz CT molecular complexity index is 437. The van der Waals surface area contributed by atoms with Crippen LogP contribution in [-0.4, -0.2) is 14.1 Å². The zero-order valence-electron chi connectivity index (χ0n) is 10.9. The minimum absolute atomic E-state index is 0.0348. The molecule has 1 aromatic carbocycles. The van der Waals surface area contributed by atoms with Crippen LogP contribution >= 0.6 is 0 Å². The highest BCUT2D eigenvalue weighted by Crippen LogP contribution is 2.01. The summed E-state index contributed by atoms with van der Waals surface area (Å²) in [7, 11) is -1.56. The van der Waals surface area contributed by atoms with Crippen LogP contribution in [0.15, 0.2) is 30.3 Å². The molecule has 0 aromatic heterocycles. The molecule has 0 saturated carbocycles. The largest absolute Gasteiger partial charge is 0.381 e. The quantitative estimate of drug-likeness (QED) is 0.630. The molecule has 3 heteroatoms. The first-order valence-corrected chi connectivity index (χ1v) is 9.27. The second-order valence-corrected chi connectivity index (χ2v) is 9.85. The van der Waals surface area contributed by atoms with Crippen molar-refractivity contribution in [1.29, 1.82) is 0 Å². The lowest BCUT2D eigenvalue weighted by atomic mass is 10.1. The number of carbonyl (C=O) groups excluding carboxylic acids is 1. The second-order valence-electron chi connectivity index (χ2n) is 5.10. The van der Waals surface area contributed by atoms with Crippen molar-refractivity contribution in [1.82, 2.24) is 4.98 Å². The van der Waals surface area contributed by atoms with Crippen molar-refractivity contribution in [2.24, 2.45) is 5.92 Å². The summed E-state index contributed by atoms with van der Waals surface area (Å²) < 4.78 is 0. The van der Waals surface area contributed by atoms with Gasteiger partial charge in [0.05, 0.1) is 5.92 Å². The van der Waals surface area contributed by atoms with E-state index in [9.17, 15) is 4.79 Å². The van der Waals surface area contributed by atoms with E-state index in [2.05, 4.69) is 36.5 Å². The van der Waals surface area contributed by atoms with Crippen LogP contribution in [0.25, 0.3) is 0 Å². The van der Waals surface area contributed by atoms with E-state index in [1.807, 2.05) is 37.3 Å². The van der Waals surface area contributed by atoms with Gasteiger partial charge in [-0.15, -0.1) is 0 Å². The van der Waals surface area contributed by atoms with Crippen LogP contribution in [0.1, 0.15) is 12.5 Å². The molecule has 0 aliphatic carbocycles. The number of hydrogen-bond acceptors (Lipinski definition) is 1. The molecule has 1 atom stereocenters. The number of nitrogens with one attached hydrogen (secondary N) is 1. The summed E-state index contributed by atoms with van der Waals surface area (Å²) in [4.78, 5) is 14.9. The minimum Gasteiger partial charge on any atom is -0.381 e. The highest BCUT2D eigenvalue weighted by atomic mass is 28.3. The van der Waals surface area contributed by atoms with Crippen molar-refractivity contribution in [3.63, 3.8) is 0 Å². The predicted octanol–water partition coefficient (Wildman–Crippen LogP) is 2.63. The van der Waals surface area contributed by atoms with Crippen LogP contribution in [-0.2, 0) is 4.79 Å². The van der Waals surface area contributed by atoms with Crippen molar-refractivity contribution in [3.8, 4) is 11.8 Å². The lowest BCUT2D eigenvalue weighted by Crippen LogP contribution is -2.47. The Labute approximate surface area is 105 Å². The highest BCUT2D eigenvalue weighted by Gasteiger charge is 2.19. The molecular weight excluding hydrogens is 226 g/mol. The molecule has 0 aliphatic heterocycles. The Morgan fingerprint density at radius 2 is 1.82 bits per heavy atom. The van der Waals surface area contributed by atoms with Gasteiger partial charge in [-0.2, -0.15) is 0 Å². The molecule has 0 heterocycles. The summed E-state index contributed by atoms with van der Waals surface area (Å²) in [6.07, 6.45) is 0. The second kappa shape index (κ2) is 5.69. The van der Waals surface area contributed by atoms with Crippen LogP contribution in [0.4, 0.5) is 0 Å². The van der Waals surface area contributed by atoms with Crippen LogP contribution in [0, 0.1) is 17.8 Å². The number of amides is 1. The van der Waals surface area contributed by atoms with E-state index in [0.717, 1.165) is 5.56 Å². The molecule has 0 radical (unpaired) electrons. The summed E-state index contributed by atoms with van der Waals surface area (Å²) in [5.74, 6) is 5.77. The van der Waals surface area contributed by atoms with E-state index in [0.29, 0.717) is 0 Å². The first kappa shape index (κ1) is 13.5. The zero-order chi connectivity index (χ0) is 12.9. The van der Waals surface area contributed by atoms with Crippen molar-refractivity contribution < 1.29 is 4.79 Å². The van der Waals surface area contributed by atoms with Gasteiger partial charge >= 0.3 is 0 Å². The fourth-order valence-electron chi connectivity index (χ4n) is 1.26. The van der Waals surface area contributed by atoms with Gasteiger partial charge in [-0.05, 0) is 19.1 Å². The molecule has 0 aliphatic rings. The van der Waals surface area contributed by atoms with E-state index in [1.165, 1.54) is 0 Å². The molecule has 1 rings (SSSR count). The third-order valence-electron chi connectivity index (χ3n) is 2.10. The Balaban J connectivity index is 2.64. The molecule has 0 spiro atoms. The van der Waals surface area contributed by atoms with Crippen LogP contribution in [0.2, 0.25) is 19.6 Å². The van der Waals surface area contributed by atoms with Gasteiger partial charge in [0, 0.05) is 5.56 Å². The molecule has 1 aromatic rings. The van der Waals surface area contributed by atoms with Gasteiger partial charge in [0.2, 0.25) is 5.91 Å². The lowest BCUT2D eigenvalue weighted by molar-refractivity contribution is -0.121. The SMILES string of the molecule is CC(C#Cc1ccccc1)C(=O)N[Si](C)(C)C. The fourth-order valence-corrected chi connectivity index (χ4v) is 2.21. The van der Waals surface area contributed by atoms with E-state index in [-0.39, 0.29) is 11.8 Å². The molecule has 1 unspecified atom stereocenters. The first-order chi connectivity index (χ1) is 7.88. The Kier molecular flexibility index (Phi) is 4.53. The fraction of sp³-hybridized carbons (Fsp3) is 0.357. The van der Waals surface area contributed by atoms with Gasteiger partial charge in [-0.3, -0.25) is 4.79 Å². The maximum absolute atomic E-state index is 11.8. The van der Waals surface area contributed by atoms with Gasteiger partial charge in [-0.25, -0.2) is 0 Å². The molecule has 0 bridgehead atoms. The average Bonchev–Trinajstić information content (AvgIpc) is 2.25. The van der Waals surface area contributed by atoms with E-state index < -0.39 is 8.24 Å². The summed E-state index contributed by atoms with van der Waals surface area (Å²) in [6, 6.07) is 9.71. The third kappa shape index (κ3) is 5.37. The first-order valence-electron chi connectivity index (χ1n) is 5.77. The number of benzene rings is 1. The number of rotatable bonds is 2. The molecular formula is C14H19NOSi. The molecule has 0 saturated heterocycles. The molecule has 90 valence electrons. The van der Waals surface area contributed by atoms with Gasteiger partial charge < -0.3 is 4.98 Å². The average molecular weight is 245 g/mol. The van der Waals surface area contributed by atoms with Gasteiger partial charge in [0.25, 0.3) is 0 Å². The summed E-state index contributed by atoms with van der Waals surface area (Å²) in [5, 5.41) is 0. The smallest absolute Gasteiger partial charge is 0.227 e. The van der Waals surface area contributed by atoms with Crippen molar-refractivity contribution in [2.75, 3.05) is 0 Å². The zero-order valence-corrected chi connectivity index (χ0v) is 11.9. The van der Waals surface area contributed by atoms with Crippen molar-refractivity contribution >= 4 is 14.1 Å². The Morgan fingerprint density at radius 1 is 1.24 bits per heavy atom. The summed E-state index contributed by atoms with van der Waals surface area (Å²) in [5.41, 5.74) is 0.945. The topological polar surface area (TPSA) is 29.1 Å². The van der Waals surface area contributed by atoms with Crippen LogP contribution in [0.3, 0.4) is 0 Å². The van der Waals surface area contributed by atoms with Gasteiger partial charge in [0.1, 0.15) is 8.24 Å². The Hall–Kier alpha value is -1.53. The summed E-state index contributed by atoms with van der Waals surface area (Å²) in [6.45, 7) is 8.14. The van der Waals surface area contributed by atoms with Crippen LogP contribution in [0.5, 0.6) is 0 Å². The lowest BCUT2D eigenvalue weighted by Gasteiger charge is -2.19. The predicted molar refractivity (Wildman–Crippen MR) is 74.0 cm³/mol. The van der Waals surface area contributed by atoms with Crippen LogP contribution < -0.4 is 4.98 Å². The molecule has 0 fully saturated rings. The molecule has 17 heavy (non-hydrogen) atoms. The van der Waals surface area contributed by atoms with Gasteiger partial charge in [0.15, 0.2) is 0 Å². The maximum atomic E-state index is 11.8. The highest BCUT2D eigenvalue weighted by molar-refractivity contribution is 6.75. The third-order valence-corrected chi connectivity index (χ3v) is 3.09. The maximum Gasteiger partial charge on any atom is 0.227 e. The van der Waals surface area contributed by atoms with E-state index in [4.69, 9.17) is 0 Å². The van der Waals surface area contributed by atoms with Crippen molar-refractivity contribution in [2.45, 2.75) is 26.6 Å². The molecule has 1 N–H and O–H groups in total. The number of hydrogen-bond donors (Lipinski definition) is 1. The number of carbonyl (C=O) groups is 1. The molecule has 1 amide bonds. The van der Waals surface area contributed by atoms with E-state index >= 15 is 0 Å². The van der Waals surface area contributed by atoms with Crippen molar-refractivity contribution in [3.05, 3.63) is 35.9 Å². The minimum atomic E-state index is -1.56. The summed E-state index contributed by atoms with van der Waals surface area (Å²) >= 11 is 0. The van der Waals surface area contributed by atoms with E-state index in [1.54, 1.807) is 0 Å². The monoisotopic (exact) mass is 245 g/mol. The normalized spacial score (nSPS) is 12.2. The molecule has 2 nitrogen and oxygen atoms in total. The Morgan fingerprint density at radius 3 is 2.35 bits per heavy atom. The van der Waals surface area contributed by atoms with Gasteiger partial charge in [-0.1, -0.05) is 49.7 Å². The standard InChI is InChI=1S/C14H19NOSi/c1-12(14(16)15-17(2,3)4)10-11-13-8-6-5-7-9-13/h5-9,12H,1-4H3,(H,15,16).